The van der Waals surface area contributed by atoms with E-state index in [9.17, 15) is 4.79 Å². The summed E-state index contributed by atoms with van der Waals surface area (Å²) in [6.07, 6.45) is 0. The van der Waals surface area contributed by atoms with Crippen molar-refractivity contribution in [2.45, 2.75) is 6.61 Å². The molecule has 0 spiro atoms. The molecule has 144 valence electrons. The Morgan fingerprint density at radius 2 is 1.62 bits per heavy atom. The minimum atomic E-state index is -0.440. The zero-order chi connectivity index (χ0) is 20.4. The first-order valence-electron chi connectivity index (χ1n) is 8.78. The average Bonchev–Trinajstić information content (AvgIpc) is 2.74. The number of hydrogen-bond acceptors (Lipinski definition) is 3. The molecule has 0 amide bonds. The highest BCUT2D eigenvalue weighted by Gasteiger charge is 2.15. The van der Waals surface area contributed by atoms with E-state index in [-0.39, 0.29) is 6.61 Å². The van der Waals surface area contributed by atoms with Gasteiger partial charge in [0.05, 0.1) is 26.8 Å². The summed E-state index contributed by atoms with van der Waals surface area (Å²) >= 11 is 18.0. The number of hydrogen-bond donors (Lipinski definition) is 0. The fourth-order valence-corrected chi connectivity index (χ4v) is 3.42. The Morgan fingerprint density at radius 1 is 0.862 bits per heavy atom. The van der Waals surface area contributed by atoms with Crippen molar-refractivity contribution in [1.29, 1.82) is 0 Å². The predicted octanol–water partition coefficient (Wildman–Crippen LogP) is 7.22. The Kier molecular flexibility index (Phi) is 5.72. The van der Waals surface area contributed by atoms with Crippen LogP contribution in [-0.4, -0.2) is 11.0 Å². The number of nitrogens with zero attached hydrogens (tertiary/aromatic N) is 1. The lowest BCUT2D eigenvalue weighted by Crippen LogP contribution is -2.07. The van der Waals surface area contributed by atoms with Crippen molar-refractivity contribution in [1.82, 2.24) is 4.98 Å². The number of esters is 1. The number of carbonyl (C=O) groups is 1. The molecule has 4 aromatic rings. The van der Waals surface area contributed by atoms with Crippen molar-refractivity contribution in [2.24, 2.45) is 0 Å². The summed E-state index contributed by atoms with van der Waals surface area (Å²) in [5.41, 5.74) is 3.44. The van der Waals surface area contributed by atoms with E-state index in [1.54, 1.807) is 36.4 Å². The first kappa shape index (κ1) is 19.7. The van der Waals surface area contributed by atoms with Crippen LogP contribution in [-0.2, 0) is 11.3 Å². The molecular weight excluding hydrogens is 429 g/mol. The average molecular weight is 443 g/mol. The first-order chi connectivity index (χ1) is 14.0. The van der Waals surface area contributed by atoms with Crippen LogP contribution in [0.2, 0.25) is 15.1 Å². The van der Waals surface area contributed by atoms with Crippen LogP contribution < -0.4 is 0 Å². The number of ether oxygens (including phenoxy) is 1. The van der Waals surface area contributed by atoms with Gasteiger partial charge in [0.15, 0.2) is 0 Å². The summed E-state index contributed by atoms with van der Waals surface area (Å²) in [6, 6.07) is 21.6. The molecular formula is C23H14Cl3NO2. The monoisotopic (exact) mass is 441 g/mol. The summed E-state index contributed by atoms with van der Waals surface area (Å²) < 4.78 is 5.54. The highest BCUT2D eigenvalue weighted by Crippen LogP contribution is 2.27. The molecule has 0 saturated carbocycles. The van der Waals surface area contributed by atoms with E-state index in [2.05, 4.69) is 4.98 Å². The zero-order valence-corrected chi connectivity index (χ0v) is 17.3. The number of fused-ring (bicyclic) bond motifs is 1. The molecule has 0 aliphatic rings. The van der Waals surface area contributed by atoms with Crippen LogP contribution in [0.1, 0.15) is 15.9 Å². The van der Waals surface area contributed by atoms with Gasteiger partial charge in [-0.15, -0.1) is 0 Å². The Morgan fingerprint density at radius 3 is 2.38 bits per heavy atom. The van der Waals surface area contributed by atoms with Gasteiger partial charge in [0, 0.05) is 16.0 Å². The highest BCUT2D eigenvalue weighted by molar-refractivity contribution is 6.42. The third kappa shape index (κ3) is 4.38. The van der Waals surface area contributed by atoms with Gasteiger partial charge in [-0.05, 0) is 42.0 Å². The number of aromatic nitrogens is 1. The van der Waals surface area contributed by atoms with Crippen LogP contribution in [0.15, 0.2) is 72.8 Å². The molecule has 4 rings (SSSR count). The van der Waals surface area contributed by atoms with Crippen LogP contribution in [0.4, 0.5) is 0 Å². The molecule has 0 fully saturated rings. The largest absolute Gasteiger partial charge is 0.457 e. The van der Waals surface area contributed by atoms with E-state index in [0.717, 1.165) is 16.5 Å². The summed E-state index contributed by atoms with van der Waals surface area (Å²) in [7, 11) is 0. The molecule has 6 heteroatoms. The minimum absolute atomic E-state index is 0.0860. The van der Waals surface area contributed by atoms with Gasteiger partial charge in [-0.3, -0.25) is 0 Å². The van der Waals surface area contributed by atoms with Crippen LogP contribution in [0.5, 0.6) is 0 Å². The summed E-state index contributed by atoms with van der Waals surface area (Å²) in [4.78, 5) is 17.6. The van der Waals surface area contributed by atoms with Crippen molar-refractivity contribution in [3.63, 3.8) is 0 Å². The van der Waals surface area contributed by atoms with E-state index in [1.807, 2.05) is 36.4 Å². The van der Waals surface area contributed by atoms with Gasteiger partial charge in [-0.1, -0.05) is 71.2 Å². The molecule has 0 radical (unpaired) electrons. The number of benzene rings is 3. The second-order valence-corrected chi connectivity index (χ2v) is 7.65. The van der Waals surface area contributed by atoms with Crippen molar-refractivity contribution < 1.29 is 9.53 Å². The third-order valence-electron chi connectivity index (χ3n) is 4.43. The number of pyridine rings is 1. The minimum Gasteiger partial charge on any atom is -0.457 e. The fourth-order valence-electron chi connectivity index (χ4n) is 2.97. The van der Waals surface area contributed by atoms with E-state index in [1.165, 1.54) is 0 Å². The quantitative estimate of drug-likeness (QED) is 0.313. The third-order valence-corrected chi connectivity index (χ3v) is 5.42. The van der Waals surface area contributed by atoms with Crippen molar-refractivity contribution >= 4 is 51.7 Å². The standard InChI is InChI=1S/C23H14Cl3NO2/c24-16-8-6-15(7-9-16)22-12-18(17-3-1-2-4-21(17)27-22)23(28)29-13-14-5-10-19(25)20(26)11-14/h1-12H,13H2. The van der Waals surface area contributed by atoms with Gasteiger partial charge in [-0.2, -0.15) is 0 Å². The topological polar surface area (TPSA) is 39.2 Å². The smallest absolute Gasteiger partial charge is 0.339 e. The lowest BCUT2D eigenvalue weighted by molar-refractivity contribution is 0.0475. The number of para-hydroxylation sites is 1. The second kappa shape index (κ2) is 8.42. The fraction of sp³-hybridized carbons (Fsp3) is 0.0435. The van der Waals surface area contributed by atoms with Crippen LogP contribution in [0.3, 0.4) is 0 Å². The van der Waals surface area contributed by atoms with E-state index < -0.39 is 5.97 Å². The van der Waals surface area contributed by atoms with E-state index in [4.69, 9.17) is 39.5 Å². The Bertz CT molecular complexity index is 1210. The molecule has 0 atom stereocenters. The van der Waals surface area contributed by atoms with E-state index in [0.29, 0.717) is 31.8 Å². The van der Waals surface area contributed by atoms with Gasteiger partial charge in [0.25, 0.3) is 0 Å². The van der Waals surface area contributed by atoms with Crippen molar-refractivity contribution in [3.8, 4) is 11.3 Å². The molecule has 3 nitrogen and oxygen atoms in total. The summed E-state index contributed by atoms with van der Waals surface area (Å²) in [6.45, 7) is 0.0860. The Hall–Kier alpha value is -2.59. The van der Waals surface area contributed by atoms with Gasteiger partial charge in [-0.25, -0.2) is 9.78 Å². The van der Waals surface area contributed by atoms with E-state index >= 15 is 0 Å². The van der Waals surface area contributed by atoms with Crippen molar-refractivity contribution in [3.05, 3.63) is 99.0 Å². The maximum atomic E-state index is 12.9. The maximum Gasteiger partial charge on any atom is 0.339 e. The Balaban J connectivity index is 1.68. The summed E-state index contributed by atoms with van der Waals surface area (Å²) in [5.74, 6) is -0.440. The molecule has 0 aliphatic heterocycles. The maximum absolute atomic E-state index is 12.9. The normalized spacial score (nSPS) is 10.9. The lowest BCUT2D eigenvalue weighted by atomic mass is 10.0. The summed E-state index contributed by atoms with van der Waals surface area (Å²) in [5, 5.41) is 2.23. The van der Waals surface area contributed by atoms with Gasteiger partial charge in [0.2, 0.25) is 0 Å². The molecule has 0 saturated heterocycles. The molecule has 29 heavy (non-hydrogen) atoms. The van der Waals surface area contributed by atoms with Crippen LogP contribution in [0.25, 0.3) is 22.2 Å². The molecule has 1 heterocycles. The van der Waals surface area contributed by atoms with Gasteiger partial charge < -0.3 is 4.74 Å². The molecule has 0 bridgehead atoms. The van der Waals surface area contributed by atoms with Crippen LogP contribution in [0, 0.1) is 0 Å². The van der Waals surface area contributed by atoms with Crippen molar-refractivity contribution in [2.75, 3.05) is 0 Å². The highest BCUT2D eigenvalue weighted by atomic mass is 35.5. The SMILES string of the molecule is O=C(OCc1ccc(Cl)c(Cl)c1)c1cc(-c2ccc(Cl)cc2)nc2ccccc12. The molecule has 0 N–H and O–H groups in total. The first-order valence-corrected chi connectivity index (χ1v) is 9.91. The lowest BCUT2D eigenvalue weighted by Gasteiger charge is -2.11. The zero-order valence-electron chi connectivity index (χ0n) is 15.0. The molecule has 0 aliphatic carbocycles. The number of rotatable bonds is 4. The molecule has 1 aromatic heterocycles. The number of carbonyl (C=O) groups excluding carboxylic acids is 1. The number of halogens is 3. The Labute approximate surface area is 182 Å². The van der Waals surface area contributed by atoms with Crippen LogP contribution >= 0.6 is 34.8 Å². The predicted molar refractivity (Wildman–Crippen MR) is 118 cm³/mol. The van der Waals surface area contributed by atoms with Gasteiger partial charge in [0.1, 0.15) is 6.61 Å². The second-order valence-electron chi connectivity index (χ2n) is 6.40. The van der Waals surface area contributed by atoms with Gasteiger partial charge >= 0.3 is 5.97 Å². The molecule has 0 unspecified atom stereocenters. The molecule has 3 aromatic carbocycles.